The Bertz CT molecular complexity index is 525. The number of urea groups is 1. The molecule has 0 spiro atoms. The maximum absolute atomic E-state index is 12.4. The maximum Gasteiger partial charge on any atom is 0.324 e. The summed E-state index contributed by atoms with van der Waals surface area (Å²) in [7, 11) is 0. The molecule has 19 heavy (non-hydrogen) atoms. The second-order valence-corrected chi connectivity index (χ2v) is 11.6. The van der Waals surface area contributed by atoms with E-state index in [0.717, 1.165) is 5.56 Å². The molecule has 0 aliphatic carbocycles. The molecule has 2 aliphatic rings. The Morgan fingerprint density at radius 2 is 1.84 bits per heavy atom. The van der Waals surface area contributed by atoms with Crippen LogP contribution in [0.2, 0.25) is 0 Å². The summed E-state index contributed by atoms with van der Waals surface area (Å²) in [6, 6.07) is 9.36. The van der Waals surface area contributed by atoms with Crippen LogP contribution in [0.5, 0.6) is 0 Å². The summed E-state index contributed by atoms with van der Waals surface area (Å²) in [5.41, 5.74) is -0.431. The van der Waals surface area contributed by atoms with E-state index in [0.29, 0.717) is 13.1 Å². The van der Waals surface area contributed by atoms with Gasteiger partial charge in [0, 0.05) is 12.1 Å². The number of hydrogen-bond acceptors (Lipinski definition) is 2. The van der Waals surface area contributed by atoms with Crippen LogP contribution in [0.3, 0.4) is 0 Å². The number of rotatable bonds is 1. The van der Waals surface area contributed by atoms with Gasteiger partial charge in [-0.1, -0.05) is 52.9 Å². The molecule has 1 N–H and O–H groups in total. The Hall–Kier alpha value is 0.640. The fourth-order valence-electron chi connectivity index (χ4n) is 2.53. The van der Waals surface area contributed by atoms with Gasteiger partial charge in [0.05, 0.1) is 10.5 Å². The van der Waals surface area contributed by atoms with Gasteiger partial charge in [0.15, 0.2) is 7.28 Å². The lowest BCUT2D eigenvalue weighted by Gasteiger charge is -2.41. The highest BCUT2D eigenvalue weighted by Crippen LogP contribution is 2.50. The molecule has 0 saturated carbocycles. The minimum absolute atomic E-state index is 0.0805. The van der Waals surface area contributed by atoms with Crippen molar-refractivity contribution in [3.63, 3.8) is 0 Å². The zero-order valence-electron chi connectivity index (χ0n) is 9.76. The number of amides is 2. The molecule has 2 amide bonds. The molecule has 2 heterocycles. The lowest BCUT2D eigenvalue weighted by molar-refractivity contribution is -0.0572. The van der Waals surface area contributed by atoms with Crippen LogP contribution >= 0.6 is 67.8 Å². The SMILES string of the molecule is O=C1N2CC(I)C(I)(I)N1CC2(O)c1ccccc1. The van der Waals surface area contributed by atoms with E-state index in [-0.39, 0.29) is 11.5 Å². The molecule has 1 aromatic rings. The molecule has 4 nitrogen and oxygen atoms in total. The van der Waals surface area contributed by atoms with Crippen molar-refractivity contribution in [2.24, 2.45) is 0 Å². The van der Waals surface area contributed by atoms with Crippen molar-refractivity contribution in [3.8, 4) is 0 Å². The van der Waals surface area contributed by atoms with Gasteiger partial charge in [0.2, 0.25) is 0 Å². The van der Waals surface area contributed by atoms with Gasteiger partial charge in [0.25, 0.3) is 0 Å². The van der Waals surface area contributed by atoms with Crippen molar-refractivity contribution in [1.29, 1.82) is 0 Å². The largest absolute Gasteiger partial charge is 0.365 e. The molecule has 2 atom stereocenters. The Morgan fingerprint density at radius 1 is 1.21 bits per heavy atom. The molecule has 2 unspecified atom stereocenters. The van der Waals surface area contributed by atoms with Crippen LogP contribution in [-0.2, 0) is 5.72 Å². The highest BCUT2D eigenvalue weighted by atomic mass is 127. The highest BCUT2D eigenvalue weighted by molar-refractivity contribution is 14.2. The smallest absolute Gasteiger partial charge is 0.324 e. The standard InChI is InChI=1S/C12H11I3N2O2/c13-9-6-16-10(18)17(12(9,14)15)7-11(16,19)8-4-2-1-3-5-8/h1-5,9,19H,6-7H2. The number of carbonyl (C=O) groups excluding carboxylic acids is 1. The van der Waals surface area contributed by atoms with Crippen LogP contribution in [0.1, 0.15) is 5.56 Å². The monoisotopic (exact) mass is 596 g/mol. The number of fused-ring (bicyclic) bond motifs is 2. The molecule has 3 rings (SSSR count). The topological polar surface area (TPSA) is 43.8 Å². The van der Waals surface area contributed by atoms with E-state index in [1.54, 1.807) is 9.80 Å². The molecular formula is C12H11I3N2O2. The van der Waals surface area contributed by atoms with Gasteiger partial charge in [-0.2, -0.15) is 0 Å². The van der Waals surface area contributed by atoms with Crippen LogP contribution < -0.4 is 0 Å². The van der Waals surface area contributed by atoms with Gasteiger partial charge in [-0.3, -0.25) is 9.80 Å². The third kappa shape index (κ3) is 2.09. The zero-order chi connectivity index (χ0) is 13.8. The Kier molecular flexibility index (Phi) is 3.71. The van der Waals surface area contributed by atoms with E-state index >= 15 is 0 Å². The average Bonchev–Trinajstić information content (AvgIpc) is 2.61. The third-order valence-electron chi connectivity index (χ3n) is 3.60. The van der Waals surface area contributed by atoms with E-state index in [9.17, 15) is 9.90 Å². The minimum Gasteiger partial charge on any atom is -0.365 e. The summed E-state index contributed by atoms with van der Waals surface area (Å²) < 4.78 is -0.0233. The van der Waals surface area contributed by atoms with Crippen molar-refractivity contribution < 1.29 is 9.90 Å². The van der Waals surface area contributed by atoms with E-state index in [1.165, 1.54) is 0 Å². The lowest BCUT2D eigenvalue weighted by atomic mass is 10.0. The number of alkyl halides is 3. The van der Waals surface area contributed by atoms with E-state index in [4.69, 9.17) is 0 Å². The predicted molar refractivity (Wildman–Crippen MR) is 97.7 cm³/mol. The van der Waals surface area contributed by atoms with Crippen molar-refractivity contribution in [1.82, 2.24) is 9.80 Å². The lowest BCUT2D eigenvalue weighted by Crippen LogP contribution is -2.56. The van der Waals surface area contributed by atoms with Crippen molar-refractivity contribution in [2.45, 2.75) is 11.2 Å². The van der Waals surface area contributed by atoms with Crippen LogP contribution in [0, 0.1) is 0 Å². The summed E-state index contributed by atoms with van der Waals surface area (Å²) in [5.74, 6) is 0. The normalized spacial score (nSPS) is 32.8. The molecule has 7 heteroatoms. The maximum atomic E-state index is 12.4. The zero-order valence-corrected chi connectivity index (χ0v) is 16.2. The second kappa shape index (κ2) is 4.83. The molecule has 2 saturated heterocycles. The molecule has 2 bridgehead atoms. The van der Waals surface area contributed by atoms with Crippen molar-refractivity contribution in [2.75, 3.05) is 13.1 Å². The van der Waals surface area contributed by atoms with Gasteiger partial charge in [-0.25, -0.2) is 4.79 Å². The first kappa shape index (κ1) is 14.6. The quantitative estimate of drug-likeness (QED) is 0.308. The first-order chi connectivity index (χ1) is 8.87. The fraction of sp³-hybridized carbons (Fsp3) is 0.417. The first-order valence-electron chi connectivity index (χ1n) is 5.76. The molecule has 1 aromatic carbocycles. The van der Waals surface area contributed by atoms with Gasteiger partial charge >= 0.3 is 6.03 Å². The van der Waals surface area contributed by atoms with E-state index < -0.39 is 5.72 Å². The molecular weight excluding hydrogens is 585 g/mol. The highest BCUT2D eigenvalue weighted by Gasteiger charge is 2.61. The first-order valence-corrected chi connectivity index (χ1v) is 9.17. The van der Waals surface area contributed by atoms with E-state index in [2.05, 4.69) is 67.8 Å². The molecule has 0 aromatic heterocycles. The number of carbonyl (C=O) groups is 1. The van der Waals surface area contributed by atoms with Gasteiger partial charge in [-0.05, 0) is 45.2 Å². The minimum atomic E-state index is -1.21. The predicted octanol–water partition coefficient (Wildman–Crippen LogP) is 2.91. The summed E-state index contributed by atoms with van der Waals surface area (Å²) in [5, 5.41) is 11.0. The Balaban J connectivity index is 2.06. The van der Waals surface area contributed by atoms with Crippen molar-refractivity contribution >= 4 is 73.8 Å². The van der Waals surface area contributed by atoms with Crippen LogP contribution in [0.25, 0.3) is 0 Å². The molecule has 2 aliphatic heterocycles. The van der Waals surface area contributed by atoms with Crippen LogP contribution in [-0.4, -0.2) is 39.5 Å². The van der Waals surface area contributed by atoms with Gasteiger partial charge in [0.1, 0.15) is 0 Å². The number of nitrogens with zero attached hydrogens (tertiary/aromatic N) is 2. The van der Waals surface area contributed by atoms with E-state index in [1.807, 2.05) is 30.3 Å². The molecule has 102 valence electrons. The number of benzene rings is 1. The Morgan fingerprint density at radius 3 is 2.47 bits per heavy atom. The molecule has 2 fully saturated rings. The summed E-state index contributed by atoms with van der Waals surface area (Å²) in [4.78, 5) is 15.8. The summed E-state index contributed by atoms with van der Waals surface area (Å²) >= 11 is 6.96. The molecule has 0 radical (unpaired) electrons. The second-order valence-electron chi connectivity index (χ2n) is 4.72. The van der Waals surface area contributed by atoms with Crippen LogP contribution in [0.4, 0.5) is 4.79 Å². The fourth-order valence-corrected chi connectivity index (χ4v) is 4.41. The third-order valence-corrected chi connectivity index (χ3v) is 9.95. The summed E-state index contributed by atoms with van der Waals surface area (Å²) in [6.45, 7) is 0.883. The number of hydrogen-bond donors (Lipinski definition) is 1. The number of halogens is 3. The van der Waals surface area contributed by atoms with Crippen LogP contribution in [0.15, 0.2) is 30.3 Å². The summed E-state index contributed by atoms with van der Waals surface area (Å²) in [6.07, 6.45) is 0. The van der Waals surface area contributed by atoms with Gasteiger partial charge < -0.3 is 5.11 Å². The Labute approximate surface area is 152 Å². The number of aliphatic hydroxyl groups is 1. The van der Waals surface area contributed by atoms with Crippen molar-refractivity contribution in [3.05, 3.63) is 35.9 Å². The average molecular weight is 596 g/mol. The van der Waals surface area contributed by atoms with Gasteiger partial charge in [-0.15, -0.1) is 0 Å².